The molecule has 0 saturated heterocycles. The van der Waals surface area contributed by atoms with Crippen molar-refractivity contribution in [2.24, 2.45) is 0 Å². The van der Waals surface area contributed by atoms with E-state index in [0.29, 0.717) is 28.3 Å². The zero-order chi connectivity index (χ0) is 17.3. The first-order valence-electron chi connectivity index (χ1n) is 7.71. The third kappa shape index (κ3) is 3.31. The summed E-state index contributed by atoms with van der Waals surface area (Å²) < 4.78 is 5.62. The Kier molecular flexibility index (Phi) is 5.46. The molecule has 1 aliphatic rings. The highest BCUT2D eigenvalue weighted by molar-refractivity contribution is 6.37. The fraction of sp³-hybridized carbons (Fsp3) is 0.333. The van der Waals surface area contributed by atoms with Crippen LogP contribution in [-0.4, -0.2) is 36.1 Å². The predicted molar refractivity (Wildman–Crippen MR) is 99.0 cm³/mol. The molecule has 1 heterocycles. The van der Waals surface area contributed by atoms with Crippen molar-refractivity contribution < 1.29 is 9.84 Å². The van der Waals surface area contributed by atoms with Gasteiger partial charge >= 0.3 is 0 Å². The number of rotatable bonds is 4. The molecule has 3 nitrogen and oxygen atoms in total. The molecule has 0 amide bonds. The van der Waals surface area contributed by atoms with Gasteiger partial charge in [0.15, 0.2) is 5.75 Å². The SMILES string of the molecule is CN1CCc2c(cc(Cl)c(OCCCl)c2Cl)C1c1ccc(O)cc1. The molecule has 3 rings (SSSR count). The van der Waals surface area contributed by atoms with Gasteiger partial charge in [-0.1, -0.05) is 35.3 Å². The number of halogens is 3. The Morgan fingerprint density at radius 2 is 1.96 bits per heavy atom. The Hall–Kier alpha value is -1.13. The van der Waals surface area contributed by atoms with Crippen LogP contribution in [0, 0.1) is 0 Å². The highest BCUT2D eigenvalue weighted by Crippen LogP contribution is 2.44. The molecule has 1 N–H and O–H groups in total. The zero-order valence-electron chi connectivity index (χ0n) is 13.2. The minimum atomic E-state index is 0.0337. The lowest BCUT2D eigenvalue weighted by atomic mass is 9.88. The molecule has 1 aliphatic heterocycles. The lowest BCUT2D eigenvalue weighted by molar-refractivity contribution is 0.263. The Morgan fingerprint density at radius 3 is 2.62 bits per heavy atom. The molecule has 6 heteroatoms. The van der Waals surface area contributed by atoms with E-state index in [0.717, 1.165) is 29.7 Å². The highest BCUT2D eigenvalue weighted by Gasteiger charge is 2.30. The zero-order valence-corrected chi connectivity index (χ0v) is 15.5. The number of hydrogen-bond donors (Lipinski definition) is 1. The van der Waals surface area contributed by atoms with Crippen LogP contribution in [0.1, 0.15) is 22.7 Å². The van der Waals surface area contributed by atoms with Crippen molar-refractivity contribution >= 4 is 34.8 Å². The molecule has 0 saturated carbocycles. The van der Waals surface area contributed by atoms with E-state index < -0.39 is 0 Å². The summed E-state index contributed by atoms with van der Waals surface area (Å²) in [7, 11) is 2.07. The molecule has 0 aliphatic carbocycles. The standard InChI is InChI=1S/C18H18Cl3NO2/c1-22-8-6-13-14(17(22)11-2-4-12(23)5-3-11)10-15(20)18(16(13)21)24-9-7-19/h2-5,10,17,23H,6-9H2,1H3. The van der Waals surface area contributed by atoms with Gasteiger partial charge in [0.1, 0.15) is 12.4 Å². The van der Waals surface area contributed by atoms with Crippen LogP contribution < -0.4 is 4.74 Å². The summed E-state index contributed by atoms with van der Waals surface area (Å²) in [5, 5.41) is 10.6. The molecule has 0 spiro atoms. The van der Waals surface area contributed by atoms with Gasteiger partial charge in [-0.2, -0.15) is 0 Å². The Balaban J connectivity index is 2.08. The Bertz CT molecular complexity index is 734. The molecule has 128 valence electrons. The smallest absolute Gasteiger partial charge is 0.156 e. The first kappa shape index (κ1) is 17.7. The fourth-order valence-corrected chi connectivity index (χ4v) is 3.93. The first-order chi connectivity index (χ1) is 11.5. The summed E-state index contributed by atoms with van der Waals surface area (Å²) in [5.74, 6) is 1.13. The van der Waals surface area contributed by atoms with Crippen LogP contribution in [-0.2, 0) is 6.42 Å². The van der Waals surface area contributed by atoms with Crippen LogP contribution in [0.4, 0.5) is 0 Å². The topological polar surface area (TPSA) is 32.7 Å². The molecule has 0 fully saturated rings. The fourth-order valence-electron chi connectivity index (χ4n) is 3.17. The normalized spacial score (nSPS) is 17.6. The maximum atomic E-state index is 9.54. The maximum Gasteiger partial charge on any atom is 0.156 e. The summed E-state index contributed by atoms with van der Waals surface area (Å²) in [6.45, 7) is 1.23. The van der Waals surface area contributed by atoms with Gasteiger partial charge in [-0.3, -0.25) is 4.90 Å². The summed E-state index contributed by atoms with van der Waals surface area (Å²) in [6.07, 6.45) is 0.827. The molecule has 0 bridgehead atoms. The molecule has 0 aromatic heterocycles. The molecule has 1 atom stereocenters. The molecule has 2 aromatic carbocycles. The van der Waals surface area contributed by atoms with Crippen molar-refractivity contribution in [3.8, 4) is 11.5 Å². The number of hydrogen-bond acceptors (Lipinski definition) is 3. The molecule has 1 unspecified atom stereocenters. The summed E-state index contributed by atoms with van der Waals surface area (Å²) in [6, 6.07) is 9.19. The van der Waals surface area contributed by atoms with Crippen LogP contribution in [0.3, 0.4) is 0 Å². The molecule has 0 radical (unpaired) electrons. The summed E-state index contributed by atoms with van der Waals surface area (Å²) in [5.41, 5.74) is 3.21. The Morgan fingerprint density at radius 1 is 1.25 bits per heavy atom. The molecular weight excluding hydrogens is 369 g/mol. The Labute approximate surface area is 156 Å². The van der Waals surface area contributed by atoms with E-state index in [4.69, 9.17) is 39.5 Å². The monoisotopic (exact) mass is 385 g/mol. The second-order valence-corrected chi connectivity index (χ2v) is 6.99. The van der Waals surface area contributed by atoms with Gasteiger partial charge in [-0.25, -0.2) is 0 Å². The third-order valence-electron chi connectivity index (χ3n) is 4.29. The van der Waals surface area contributed by atoms with E-state index in [2.05, 4.69) is 11.9 Å². The highest BCUT2D eigenvalue weighted by atomic mass is 35.5. The van der Waals surface area contributed by atoms with Gasteiger partial charge < -0.3 is 9.84 Å². The average molecular weight is 387 g/mol. The summed E-state index contributed by atoms with van der Waals surface area (Å²) in [4.78, 5) is 2.25. The van der Waals surface area contributed by atoms with Gasteiger partial charge in [0, 0.05) is 6.54 Å². The number of likely N-dealkylation sites (N-methyl/N-ethyl adjacent to an activating group) is 1. The lowest BCUT2D eigenvalue weighted by Crippen LogP contribution is -2.33. The van der Waals surface area contributed by atoms with Gasteiger partial charge in [0.25, 0.3) is 0 Å². The van der Waals surface area contributed by atoms with Crippen molar-refractivity contribution in [3.05, 3.63) is 57.1 Å². The number of phenols is 1. The van der Waals surface area contributed by atoms with E-state index in [1.165, 1.54) is 0 Å². The van der Waals surface area contributed by atoms with Gasteiger partial charge in [-0.05, 0) is 48.4 Å². The van der Waals surface area contributed by atoms with E-state index in [1.54, 1.807) is 12.1 Å². The number of benzene rings is 2. The van der Waals surface area contributed by atoms with E-state index in [1.807, 2.05) is 18.2 Å². The second-order valence-electron chi connectivity index (χ2n) is 5.83. The third-order valence-corrected chi connectivity index (χ3v) is 5.13. The van der Waals surface area contributed by atoms with E-state index in [9.17, 15) is 5.11 Å². The largest absolute Gasteiger partial charge is 0.508 e. The van der Waals surface area contributed by atoms with Crippen LogP contribution in [0.5, 0.6) is 11.5 Å². The number of alkyl halides is 1. The predicted octanol–water partition coefficient (Wildman–Crippen LogP) is 4.89. The summed E-state index contributed by atoms with van der Waals surface area (Å²) >= 11 is 18.7. The second kappa shape index (κ2) is 7.40. The first-order valence-corrected chi connectivity index (χ1v) is 9.00. The van der Waals surface area contributed by atoms with Crippen molar-refractivity contribution in [1.29, 1.82) is 0 Å². The van der Waals surface area contributed by atoms with Crippen molar-refractivity contribution in [3.63, 3.8) is 0 Å². The van der Waals surface area contributed by atoms with Crippen molar-refractivity contribution in [2.75, 3.05) is 26.1 Å². The number of aromatic hydroxyl groups is 1. The number of phenolic OH excluding ortho intramolecular Hbond substituents is 1. The van der Waals surface area contributed by atoms with Crippen LogP contribution in [0.15, 0.2) is 30.3 Å². The van der Waals surface area contributed by atoms with Crippen LogP contribution >= 0.6 is 34.8 Å². The van der Waals surface area contributed by atoms with Crippen molar-refractivity contribution in [1.82, 2.24) is 4.90 Å². The maximum absolute atomic E-state index is 9.54. The number of ether oxygens (including phenoxy) is 1. The minimum absolute atomic E-state index is 0.0337. The number of fused-ring (bicyclic) bond motifs is 1. The van der Waals surface area contributed by atoms with Crippen LogP contribution in [0.2, 0.25) is 10.0 Å². The lowest BCUT2D eigenvalue weighted by Gasteiger charge is -2.36. The van der Waals surface area contributed by atoms with E-state index in [-0.39, 0.29) is 11.8 Å². The van der Waals surface area contributed by atoms with Gasteiger partial charge in [0.05, 0.1) is 22.0 Å². The van der Waals surface area contributed by atoms with Crippen LogP contribution in [0.25, 0.3) is 0 Å². The molecule has 2 aromatic rings. The van der Waals surface area contributed by atoms with Crippen molar-refractivity contribution in [2.45, 2.75) is 12.5 Å². The van der Waals surface area contributed by atoms with E-state index >= 15 is 0 Å². The van der Waals surface area contributed by atoms with Gasteiger partial charge in [0.2, 0.25) is 0 Å². The quantitative estimate of drug-likeness (QED) is 0.759. The molecule has 24 heavy (non-hydrogen) atoms. The average Bonchev–Trinajstić information content (AvgIpc) is 2.56. The van der Waals surface area contributed by atoms with Gasteiger partial charge in [-0.15, -0.1) is 11.6 Å². The molecular formula is C18H18Cl3NO2. The number of nitrogens with zero attached hydrogens (tertiary/aromatic N) is 1. The minimum Gasteiger partial charge on any atom is -0.508 e.